The number of hydrogen-bond acceptors (Lipinski definition) is 7. The van der Waals surface area contributed by atoms with Gasteiger partial charge in [0.1, 0.15) is 6.54 Å². The number of aryl methyl sites for hydroxylation is 1. The molecule has 30 heavy (non-hydrogen) atoms. The number of aromatic nitrogens is 4. The van der Waals surface area contributed by atoms with Crippen molar-refractivity contribution in [3.8, 4) is 34.1 Å². The summed E-state index contributed by atoms with van der Waals surface area (Å²) in [6.45, 7) is 2.38. The minimum atomic E-state index is -0.244. The average Bonchev–Trinajstić information content (AvgIpc) is 3.44. The molecule has 3 heterocycles. The summed E-state index contributed by atoms with van der Waals surface area (Å²) in [4.78, 5) is 16.7. The molecule has 0 fully saturated rings. The molecule has 0 N–H and O–H groups in total. The molecule has 0 bridgehead atoms. The SMILES string of the molecule is CCc1ccc(-c2ccc(=O)n(Cc3nc(-c4ccc5c(c4)OCO5)no3)n2)cc1. The van der Waals surface area contributed by atoms with Crippen molar-refractivity contribution in [2.24, 2.45) is 0 Å². The summed E-state index contributed by atoms with van der Waals surface area (Å²) >= 11 is 0. The molecule has 150 valence electrons. The fourth-order valence-electron chi connectivity index (χ4n) is 3.23. The van der Waals surface area contributed by atoms with Crippen molar-refractivity contribution in [2.45, 2.75) is 19.9 Å². The van der Waals surface area contributed by atoms with Gasteiger partial charge in [-0.05, 0) is 36.2 Å². The Hall–Kier alpha value is -3.94. The van der Waals surface area contributed by atoms with E-state index in [1.165, 1.54) is 16.3 Å². The van der Waals surface area contributed by atoms with Crippen LogP contribution in [0.15, 0.2) is 63.9 Å². The molecular weight excluding hydrogens is 384 g/mol. The summed E-state index contributed by atoms with van der Waals surface area (Å²) in [6.07, 6.45) is 0.968. The summed E-state index contributed by atoms with van der Waals surface area (Å²) < 4.78 is 17.4. The van der Waals surface area contributed by atoms with Crippen molar-refractivity contribution in [2.75, 3.05) is 6.79 Å². The third kappa shape index (κ3) is 3.43. The van der Waals surface area contributed by atoms with Crippen molar-refractivity contribution in [3.63, 3.8) is 0 Å². The zero-order valence-corrected chi connectivity index (χ0v) is 16.2. The van der Waals surface area contributed by atoms with Crippen molar-refractivity contribution in [1.29, 1.82) is 0 Å². The molecule has 1 aliphatic heterocycles. The average molecular weight is 402 g/mol. The van der Waals surface area contributed by atoms with Gasteiger partial charge in [-0.2, -0.15) is 10.1 Å². The van der Waals surface area contributed by atoms with Crippen LogP contribution in [0.25, 0.3) is 22.6 Å². The maximum atomic E-state index is 12.3. The first-order valence-corrected chi connectivity index (χ1v) is 9.59. The molecule has 4 aromatic rings. The second kappa shape index (κ2) is 7.47. The van der Waals surface area contributed by atoms with Gasteiger partial charge in [-0.15, -0.1) is 0 Å². The Balaban J connectivity index is 1.40. The van der Waals surface area contributed by atoms with Crippen LogP contribution in [0.5, 0.6) is 11.5 Å². The van der Waals surface area contributed by atoms with E-state index in [4.69, 9.17) is 14.0 Å². The van der Waals surface area contributed by atoms with Crippen LogP contribution in [-0.4, -0.2) is 26.7 Å². The highest BCUT2D eigenvalue weighted by Gasteiger charge is 2.17. The molecule has 8 heteroatoms. The molecule has 8 nitrogen and oxygen atoms in total. The Labute approximate surface area is 171 Å². The lowest BCUT2D eigenvalue weighted by Crippen LogP contribution is -2.23. The smallest absolute Gasteiger partial charge is 0.267 e. The van der Waals surface area contributed by atoms with Gasteiger partial charge < -0.3 is 14.0 Å². The molecule has 0 saturated carbocycles. The van der Waals surface area contributed by atoms with E-state index in [0.717, 1.165) is 17.5 Å². The molecule has 0 aliphatic carbocycles. The monoisotopic (exact) mass is 402 g/mol. The summed E-state index contributed by atoms with van der Waals surface area (Å²) in [5.74, 6) is 2.01. The van der Waals surface area contributed by atoms with Crippen LogP contribution in [0.1, 0.15) is 18.4 Å². The predicted molar refractivity (Wildman–Crippen MR) is 108 cm³/mol. The quantitative estimate of drug-likeness (QED) is 0.506. The largest absolute Gasteiger partial charge is 0.454 e. The van der Waals surface area contributed by atoms with Crippen molar-refractivity contribution >= 4 is 0 Å². The molecule has 0 unspecified atom stereocenters. The zero-order valence-electron chi connectivity index (χ0n) is 16.2. The van der Waals surface area contributed by atoms with Gasteiger partial charge in [-0.3, -0.25) is 4.79 Å². The standard InChI is InChI=1S/C22H18N4O4/c1-2-14-3-5-15(6-4-14)17-8-10-21(27)26(24-17)12-20-23-22(25-30-20)16-7-9-18-19(11-16)29-13-28-18/h3-11H,2,12-13H2,1H3. The van der Waals surface area contributed by atoms with E-state index in [-0.39, 0.29) is 24.8 Å². The first-order valence-electron chi connectivity index (χ1n) is 9.59. The number of ether oxygens (including phenoxy) is 2. The number of rotatable bonds is 5. The molecule has 5 rings (SSSR count). The molecular formula is C22H18N4O4. The summed E-state index contributed by atoms with van der Waals surface area (Å²) in [5.41, 5.74) is 3.38. The first-order chi connectivity index (χ1) is 14.7. The molecule has 0 spiro atoms. The fourth-order valence-corrected chi connectivity index (χ4v) is 3.23. The van der Waals surface area contributed by atoms with E-state index in [0.29, 0.717) is 23.0 Å². The highest BCUT2D eigenvalue weighted by atomic mass is 16.7. The molecule has 2 aromatic heterocycles. The minimum Gasteiger partial charge on any atom is -0.454 e. The Morgan fingerprint density at radius 3 is 2.60 bits per heavy atom. The van der Waals surface area contributed by atoms with Gasteiger partial charge in [0.25, 0.3) is 5.56 Å². The number of benzene rings is 2. The third-order valence-corrected chi connectivity index (χ3v) is 4.91. The Bertz CT molecular complexity index is 1260. The highest BCUT2D eigenvalue weighted by Crippen LogP contribution is 2.35. The van der Waals surface area contributed by atoms with E-state index in [2.05, 4.69) is 34.3 Å². The van der Waals surface area contributed by atoms with Gasteiger partial charge >= 0.3 is 0 Å². The van der Waals surface area contributed by atoms with Gasteiger partial charge in [-0.25, -0.2) is 4.68 Å². The molecule has 0 amide bonds. The Morgan fingerprint density at radius 1 is 0.967 bits per heavy atom. The molecule has 0 saturated heterocycles. The Morgan fingerprint density at radius 2 is 1.77 bits per heavy atom. The second-order valence-corrected chi connectivity index (χ2v) is 6.84. The summed E-state index contributed by atoms with van der Waals surface area (Å²) in [6, 6.07) is 16.7. The van der Waals surface area contributed by atoms with Crippen LogP contribution in [0.3, 0.4) is 0 Å². The van der Waals surface area contributed by atoms with Crippen molar-refractivity contribution in [1.82, 2.24) is 19.9 Å². The van der Waals surface area contributed by atoms with Crippen LogP contribution in [0.4, 0.5) is 0 Å². The van der Waals surface area contributed by atoms with Gasteiger partial charge in [0.2, 0.25) is 18.5 Å². The number of hydrogen-bond donors (Lipinski definition) is 0. The van der Waals surface area contributed by atoms with Gasteiger partial charge in [-0.1, -0.05) is 36.3 Å². The van der Waals surface area contributed by atoms with E-state index in [1.807, 2.05) is 18.2 Å². The van der Waals surface area contributed by atoms with Crippen LogP contribution in [0, 0.1) is 0 Å². The zero-order chi connectivity index (χ0) is 20.5. The van der Waals surface area contributed by atoms with Gasteiger partial charge in [0, 0.05) is 17.2 Å². The predicted octanol–water partition coefficient (Wildman–Crippen LogP) is 3.30. The summed E-state index contributed by atoms with van der Waals surface area (Å²) in [7, 11) is 0. The number of fused-ring (bicyclic) bond motifs is 1. The first kappa shape index (κ1) is 18.1. The van der Waals surface area contributed by atoms with Crippen LogP contribution >= 0.6 is 0 Å². The van der Waals surface area contributed by atoms with Crippen LogP contribution in [-0.2, 0) is 13.0 Å². The topological polar surface area (TPSA) is 92.3 Å². The lowest BCUT2D eigenvalue weighted by molar-refractivity contribution is 0.174. The van der Waals surface area contributed by atoms with Gasteiger partial charge in [0.05, 0.1) is 5.69 Å². The van der Waals surface area contributed by atoms with Crippen molar-refractivity contribution in [3.05, 3.63) is 76.4 Å². The maximum absolute atomic E-state index is 12.3. The van der Waals surface area contributed by atoms with E-state index in [1.54, 1.807) is 18.2 Å². The molecule has 2 aromatic carbocycles. The third-order valence-electron chi connectivity index (χ3n) is 4.91. The van der Waals surface area contributed by atoms with Crippen LogP contribution < -0.4 is 15.0 Å². The minimum absolute atomic E-state index is 0.0806. The fraction of sp³-hybridized carbons (Fsp3) is 0.182. The summed E-state index contributed by atoms with van der Waals surface area (Å²) in [5, 5.41) is 8.47. The lowest BCUT2D eigenvalue weighted by Gasteiger charge is -2.06. The van der Waals surface area contributed by atoms with E-state index < -0.39 is 0 Å². The van der Waals surface area contributed by atoms with Crippen molar-refractivity contribution < 1.29 is 14.0 Å². The molecule has 1 aliphatic rings. The molecule has 0 atom stereocenters. The maximum Gasteiger partial charge on any atom is 0.267 e. The van der Waals surface area contributed by atoms with Crippen LogP contribution in [0.2, 0.25) is 0 Å². The molecule has 0 radical (unpaired) electrons. The Kier molecular flexibility index (Phi) is 4.51. The highest BCUT2D eigenvalue weighted by molar-refractivity contribution is 5.61. The lowest BCUT2D eigenvalue weighted by atomic mass is 10.1. The van der Waals surface area contributed by atoms with E-state index in [9.17, 15) is 4.79 Å². The normalized spacial score (nSPS) is 12.3. The van der Waals surface area contributed by atoms with E-state index >= 15 is 0 Å². The van der Waals surface area contributed by atoms with Gasteiger partial charge in [0.15, 0.2) is 11.5 Å². The number of nitrogens with zero attached hydrogens (tertiary/aromatic N) is 4. The second-order valence-electron chi connectivity index (χ2n) is 6.84.